The summed E-state index contributed by atoms with van der Waals surface area (Å²) in [7, 11) is 0. The molecular weight excluding hydrogens is 200 g/mol. The van der Waals surface area contributed by atoms with Crippen LogP contribution in [-0.4, -0.2) is 0 Å². The lowest BCUT2D eigenvalue weighted by molar-refractivity contribution is 1.72. The van der Waals surface area contributed by atoms with E-state index in [0.29, 0.717) is 0 Å². The fourth-order valence-corrected chi connectivity index (χ4v) is 1.07. The van der Waals surface area contributed by atoms with Gasteiger partial charge in [0.15, 0.2) is 0 Å². The molecule has 0 aliphatic heterocycles. The molecule has 0 unspecified atom stereocenters. The Morgan fingerprint density at radius 1 is 0.600 bits per heavy atom. The van der Waals surface area contributed by atoms with Crippen molar-refractivity contribution >= 4 is 11.3 Å². The molecule has 1 heteroatoms. The zero-order valence-corrected chi connectivity index (χ0v) is 9.57. The van der Waals surface area contributed by atoms with Gasteiger partial charge >= 0.3 is 0 Å². The molecule has 0 saturated carbocycles. The molecule has 0 bridgehead atoms. The molecule has 0 N–H and O–H groups in total. The first-order valence-electron chi connectivity index (χ1n) is 4.30. The SMILES string of the molecule is C#C.C=C.c1ccccc1.c1ccsc1. The first-order chi connectivity index (χ1) is 7.50. The molecule has 0 amide bonds. The Hall–Kier alpha value is -1.78. The van der Waals surface area contributed by atoms with Crippen LogP contribution in [0.15, 0.2) is 72.4 Å². The zero-order valence-electron chi connectivity index (χ0n) is 8.75. The van der Waals surface area contributed by atoms with E-state index in [1.54, 1.807) is 11.3 Å². The second-order valence-corrected chi connectivity index (χ2v) is 2.76. The van der Waals surface area contributed by atoms with E-state index in [1.165, 1.54) is 0 Å². The minimum Gasteiger partial charge on any atom is -0.152 e. The molecule has 0 radical (unpaired) electrons. The minimum absolute atomic E-state index is 1.71. The van der Waals surface area contributed by atoms with Crippen LogP contribution in [0.3, 0.4) is 0 Å². The predicted molar refractivity (Wildman–Crippen MR) is 71.9 cm³/mol. The monoisotopic (exact) mass is 216 g/mol. The second-order valence-electron chi connectivity index (χ2n) is 1.95. The molecule has 2 rings (SSSR count). The van der Waals surface area contributed by atoms with E-state index in [-0.39, 0.29) is 0 Å². The van der Waals surface area contributed by atoms with Crippen molar-refractivity contribution in [2.24, 2.45) is 0 Å². The van der Waals surface area contributed by atoms with Gasteiger partial charge in [-0.3, -0.25) is 0 Å². The Kier molecular flexibility index (Phi) is 18.9. The number of rotatable bonds is 0. The highest BCUT2D eigenvalue weighted by molar-refractivity contribution is 7.07. The van der Waals surface area contributed by atoms with Crippen LogP contribution in [0.1, 0.15) is 0 Å². The normalized spacial score (nSPS) is 6.27. The summed E-state index contributed by atoms with van der Waals surface area (Å²) in [6, 6.07) is 16.0. The Morgan fingerprint density at radius 2 is 0.867 bits per heavy atom. The number of hydrogen-bond donors (Lipinski definition) is 0. The van der Waals surface area contributed by atoms with E-state index < -0.39 is 0 Å². The zero-order chi connectivity index (χ0) is 11.8. The molecule has 0 aliphatic carbocycles. The van der Waals surface area contributed by atoms with Gasteiger partial charge in [0.25, 0.3) is 0 Å². The summed E-state index contributed by atoms with van der Waals surface area (Å²) in [5, 5.41) is 4.08. The molecule has 0 atom stereocenters. The van der Waals surface area contributed by atoms with Gasteiger partial charge in [0, 0.05) is 0 Å². The van der Waals surface area contributed by atoms with Gasteiger partial charge in [0.05, 0.1) is 0 Å². The molecule has 0 fully saturated rings. The van der Waals surface area contributed by atoms with Gasteiger partial charge < -0.3 is 0 Å². The highest BCUT2D eigenvalue weighted by Crippen LogP contribution is 1.91. The summed E-state index contributed by atoms with van der Waals surface area (Å²) in [5.74, 6) is 0. The van der Waals surface area contributed by atoms with Crippen LogP contribution >= 0.6 is 11.3 Å². The van der Waals surface area contributed by atoms with Crippen molar-refractivity contribution in [2.45, 2.75) is 0 Å². The average molecular weight is 216 g/mol. The van der Waals surface area contributed by atoms with Gasteiger partial charge in [-0.15, -0.1) is 26.0 Å². The maximum absolute atomic E-state index is 4.00. The van der Waals surface area contributed by atoms with Crippen molar-refractivity contribution in [1.29, 1.82) is 0 Å². The lowest BCUT2D eigenvalue weighted by Gasteiger charge is -1.69. The highest BCUT2D eigenvalue weighted by atomic mass is 32.1. The van der Waals surface area contributed by atoms with E-state index in [1.807, 2.05) is 59.3 Å². The Morgan fingerprint density at radius 3 is 1.00 bits per heavy atom. The van der Waals surface area contributed by atoms with Crippen molar-refractivity contribution in [3.05, 3.63) is 72.4 Å². The fourth-order valence-electron chi connectivity index (χ4n) is 0.612. The quantitative estimate of drug-likeness (QED) is 0.450. The van der Waals surface area contributed by atoms with Crippen LogP contribution in [0, 0.1) is 12.8 Å². The van der Waals surface area contributed by atoms with E-state index in [4.69, 9.17) is 0 Å². The first kappa shape index (κ1) is 15.7. The number of benzene rings is 1. The molecule has 2 aromatic rings. The average Bonchev–Trinajstić information content (AvgIpc) is 2.95. The van der Waals surface area contributed by atoms with Crippen LogP contribution < -0.4 is 0 Å². The van der Waals surface area contributed by atoms with Crippen LogP contribution in [-0.2, 0) is 0 Å². The summed E-state index contributed by atoms with van der Waals surface area (Å²) in [5.41, 5.74) is 0. The van der Waals surface area contributed by atoms with Crippen LogP contribution in [0.2, 0.25) is 0 Å². The van der Waals surface area contributed by atoms with E-state index in [9.17, 15) is 0 Å². The van der Waals surface area contributed by atoms with Gasteiger partial charge in [0.1, 0.15) is 0 Å². The fraction of sp³-hybridized carbons (Fsp3) is 0. The summed E-state index contributed by atoms with van der Waals surface area (Å²) in [6.45, 7) is 6.00. The molecule has 78 valence electrons. The van der Waals surface area contributed by atoms with Gasteiger partial charge in [-0.2, -0.15) is 11.3 Å². The van der Waals surface area contributed by atoms with E-state index >= 15 is 0 Å². The summed E-state index contributed by atoms with van der Waals surface area (Å²) in [4.78, 5) is 0. The second kappa shape index (κ2) is 18.1. The lowest BCUT2D eigenvalue weighted by atomic mass is 10.4. The van der Waals surface area contributed by atoms with Crippen LogP contribution in [0.5, 0.6) is 0 Å². The highest BCUT2D eigenvalue weighted by Gasteiger charge is 1.58. The molecule has 1 aromatic carbocycles. The predicted octanol–water partition coefficient (Wildman–Crippen LogP) is 4.49. The summed E-state index contributed by atoms with van der Waals surface area (Å²) < 4.78 is 0. The Bertz CT molecular complexity index is 238. The van der Waals surface area contributed by atoms with Crippen molar-refractivity contribution in [2.75, 3.05) is 0 Å². The maximum atomic E-state index is 4.00. The van der Waals surface area contributed by atoms with Gasteiger partial charge in [-0.1, -0.05) is 48.5 Å². The number of terminal acetylenes is 1. The minimum atomic E-state index is 1.71. The van der Waals surface area contributed by atoms with Crippen molar-refractivity contribution in [3.8, 4) is 12.8 Å². The van der Waals surface area contributed by atoms with Crippen molar-refractivity contribution in [1.82, 2.24) is 0 Å². The number of thiophene rings is 1. The third-order valence-corrected chi connectivity index (χ3v) is 1.72. The molecule has 15 heavy (non-hydrogen) atoms. The smallest absolute Gasteiger partial charge is 0.00934 e. The first-order valence-corrected chi connectivity index (χ1v) is 5.25. The molecule has 0 nitrogen and oxygen atoms in total. The van der Waals surface area contributed by atoms with Crippen LogP contribution in [0.25, 0.3) is 0 Å². The van der Waals surface area contributed by atoms with Gasteiger partial charge in [-0.25, -0.2) is 0 Å². The third kappa shape index (κ3) is 15.0. The standard InChI is InChI=1S/C6H6.C4H4S.C2H4.C2H2/c1-2-4-6-5-3-1;1-2-4-5-3-1;2*1-2/h1-6H;1-4H;1-2H2;1-2H. The summed E-state index contributed by atoms with van der Waals surface area (Å²) >= 11 is 1.71. The molecule has 0 aliphatic rings. The van der Waals surface area contributed by atoms with Crippen molar-refractivity contribution < 1.29 is 0 Å². The topological polar surface area (TPSA) is 0 Å². The Balaban J connectivity index is 0. The van der Waals surface area contributed by atoms with Crippen molar-refractivity contribution in [3.63, 3.8) is 0 Å². The summed E-state index contributed by atoms with van der Waals surface area (Å²) in [6.07, 6.45) is 8.00. The van der Waals surface area contributed by atoms with Crippen LogP contribution in [0.4, 0.5) is 0 Å². The largest absolute Gasteiger partial charge is 0.152 e. The lowest BCUT2D eigenvalue weighted by Crippen LogP contribution is -1.47. The third-order valence-electron chi connectivity index (χ3n) is 1.09. The molecule has 1 aromatic heterocycles. The maximum Gasteiger partial charge on any atom is -0.00934 e. The van der Waals surface area contributed by atoms with E-state index in [0.717, 1.165) is 0 Å². The van der Waals surface area contributed by atoms with Gasteiger partial charge in [-0.05, 0) is 10.8 Å². The molecule has 0 spiro atoms. The molecule has 1 heterocycles. The number of hydrogen-bond acceptors (Lipinski definition) is 1. The molecule has 0 saturated heterocycles. The Labute approximate surface area is 96.9 Å². The van der Waals surface area contributed by atoms with E-state index in [2.05, 4.69) is 26.0 Å². The van der Waals surface area contributed by atoms with Gasteiger partial charge in [0.2, 0.25) is 0 Å². The molecular formula is C14H16S.